The Labute approximate surface area is 243 Å². The van der Waals surface area contributed by atoms with Crippen molar-refractivity contribution in [3.8, 4) is 11.5 Å². The summed E-state index contributed by atoms with van der Waals surface area (Å²) < 4.78 is 50.8. The molecular formula is C32H23ClF3NO5. The zero-order valence-corrected chi connectivity index (χ0v) is 22.8. The van der Waals surface area contributed by atoms with E-state index in [9.17, 15) is 27.9 Å². The molecule has 214 valence electrons. The summed E-state index contributed by atoms with van der Waals surface area (Å²) >= 11 is 5.99. The molecule has 0 amide bonds. The number of ether oxygens (including phenoxy) is 2. The van der Waals surface area contributed by atoms with Gasteiger partial charge in [0.1, 0.15) is 11.5 Å². The van der Waals surface area contributed by atoms with E-state index in [-0.39, 0.29) is 18.1 Å². The van der Waals surface area contributed by atoms with Crippen LogP contribution in [0.1, 0.15) is 38.8 Å². The standard InChI is InChI=1S/C32H23ClF3NO5/c1-19-28(29(38)21-10-12-23(33)13-11-21)26-15-14-25(42-32(34,35)36)17-27(26)37(19)18-20-6-5-9-24(16-20)41-30(31(39)40)22-7-3-2-4-8-22/h2-17,30H,18H2,1H3,(H,39,40). The predicted octanol–water partition coefficient (Wildman–Crippen LogP) is 7.99. The molecule has 0 aliphatic heterocycles. The highest BCUT2D eigenvalue weighted by atomic mass is 35.5. The molecule has 42 heavy (non-hydrogen) atoms. The van der Waals surface area contributed by atoms with Crippen LogP contribution in [0, 0.1) is 6.92 Å². The van der Waals surface area contributed by atoms with E-state index in [0.717, 1.165) is 0 Å². The molecule has 0 bridgehead atoms. The monoisotopic (exact) mass is 593 g/mol. The quantitative estimate of drug-likeness (QED) is 0.175. The van der Waals surface area contributed by atoms with Crippen LogP contribution in [-0.2, 0) is 11.3 Å². The second-order valence-corrected chi connectivity index (χ2v) is 9.94. The molecule has 0 spiro atoms. The summed E-state index contributed by atoms with van der Waals surface area (Å²) in [5, 5.41) is 10.7. The SMILES string of the molecule is Cc1c(C(=O)c2ccc(Cl)cc2)c2ccc(OC(F)(F)F)cc2n1Cc1cccc(OC(C(=O)O)c2ccccc2)c1. The maximum Gasteiger partial charge on any atom is 0.573 e. The summed E-state index contributed by atoms with van der Waals surface area (Å²) in [5.41, 5.74) is 2.70. The number of hydrogen-bond acceptors (Lipinski definition) is 4. The summed E-state index contributed by atoms with van der Waals surface area (Å²) in [4.78, 5) is 25.5. The number of fused-ring (bicyclic) bond motifs is 1. The minimum atomic E-state index is -4.90. The fourth-order valence-corrected chi connectivity index (χ4v) is 4.94. The van der Waals surface area contributed by atoms with Gasteiger partial charge in [-0.05, 0) is 61.0 Å². The van der Waals surface area contributed by atoms with Crippen LogP contribution in [0.25, 0.3) is 10.9 Å². The number of carboxylic acid groups (broad SMARTS) is 1. The van der Waals surface area contributed by atoms with Gasteiger partial charge in [0.25, 0.3) is 0 Å². The Balaban J connectivity index is 1.55. The van der Waals surface area contributed by atoms with Gasteiger partial charge >= 0.3 is 12.3 Å². The molecular weight excluding hydrogens is 571 g/mol. The Hall–Kier alpha value is -4.76. The third-order valence-corrected chi connectivity index (χ3v) is 6.93. The Kier molecular flexibility index (Phi) is 7.95. The number of carbonyl (C=O) groups is 2. The van der Waals surface area contributed by atoms with Gasteiger partial charge < -0.3 is 19.1 Å². The third-order valence-electron chi connectivity index (χ3n) is 6.68. The summed E-state index contributed by atoms with van der Waals surface area (Å²) in [5.74, 6) is -1.62. The largest absolute Gasteiger partial charge is 0.573 e. The van der Waals surface area contributed by atoms with Gasteiger partial charge in [0, 0.05) is 39.8 Å². The molecule has 0 radical (unpaired) electrons. The molecule has 1 atom stereocenters. The lowest BCUT2D eigenvalue weighted by Crippen LogP contribution is -2.18. The van der Waals surface area contributed by atoms with E-state index in [1.807, 2.05) is 0 Å². The number of halogens is 4. The van der Waals surface area contributed by atoms with Crippen LogP contribution in [0.5, 0.6) is 11.5 Å². The predicted molar refractivity (Wildman–Crippen MR) is 151 cm³/mol. The van der Waals surface area contributed by atoms with Crippen molar-refractivity contribution in [2.45, 2.75) is 25.9 Å². The normalized spacial score (nSPS) is 12.2. The van der Waals surface area contributed by atoms with Crippen molar-refractivity contribution in [2.75, 3.05) is 0 Å². The number of rotatable bonds is 9. The number of carboxylic acids is 1. The third kappa shape index (κ3) is 6.26. The van der Waals surface area contributed by atoms with Crippen molar-refractivity contribution in [3.63, 3.8) is 0 Å². The highest BCUT2D eigenvalue weighted by molar-refractivity contribution is 6.30. The first kappa shape index (κ1) is 28.8. The van der Waals surface area contributed by atoms with Crippen molar-refractivity contribution in [1.82, 2.24) is 4.57 Å². The van der Waals surface area contributed by atoms with Gasteiger partial charge in [0.2, 0.25) is 6.10 Å². The van der Waals surface area contributed by atoms with Crippen LogP contribution < -0.4 is 9.47 Å². The van der Waals surface area contributed by atoms with Crippen LogP contribution in [-0.4, -0.2) is 27.8 Å². The molecule has 0 aliphatic rings. The summed E-state index contributed by atoms with van der Waals surface area (Å²) in [7, 11) is 0. The van der Waals surface area contributed by atoms with Gasteiger partial charge in [-0.2, -0.15) is 0 Å². The number of ketones is 1. The molecule has 1 N–H and O–H groups in total. The number of alkyl halides is 3. The van der Waals surface area contributed by atoms with E-state index >= 15 is 0 Å². The number of benzene rings is 4. The molecule has 1 unspecified atom stereocenters. The van der Waals surface area contributed by atoms with Crippen molar-refractivity contribution in [2.24, 2.45) is 0 Å². The molecule has 0 aliphatic carbocycles. The number of carbonyl (C=O) groups excluding carboxylic acids is 1. The molecule has 0 fully saturated rings. The summed E-state index contributed by atoms with van der Waals surface area (Å²) in [6.45, 7) is 1.86. The van der Waals surface area contributed by atoms with Gasteiger partial charge in [0.05, 0.1) is 11.1 Å². The molecule has 0 saturated carbocycles. The highest BCUT2D eigenvalue weighted by Gasteiger charge is 2.32. The van der Waals surface area contributed by atoms with E-state index in [1.165, 1.54) is 18.2 Å². The topological polar surface area (TPSA) is 77.8 Å². The Morgan fingerprint density at radius 2 is 1.62 bits per heavy atom. The second-order valence-electron chi connectivity index (χ2n) is 9.50. The highest BCUT2D eigenvalue weighted by Crippen LogP contribution is 2.34. The fourth-order valence-electron chi connectivity index (χ4n) is 4.81. The number of nitrogens with zero attached hydrogens (tertiary/aromatic N) is 1. The first-order valence-corrected chi connectivity index (χ1v) is 13.1. The maximum atomic E-state index is 13.6. The number of aliphatic carboxylic acids is 1. The molecule has 4 aromatic carbocycles. The van der Waals surface area contributed by atoms with Crippen LogP contribution in [0.15, 0.2) is 97.1 Å². The first-order chi connectivity index (χ1) is 20.0. The molecule has 1 aromatic heterocycles. The smallest absolute Gasteiger partial charge is 0.478 e. The van der Waals surface area contributed by atoms with Crippen molar-refractivity contribution >= 4 is 34.3 Å². The van der Waals surface area contributed by atoms with E-state index in [0.29, 0.717) is 43.9 Å². The molecule has 0 saturated heterocycles. The van der Waals surface area contributed by atoms with Crippen LogP contribution in [0.4, 0.5) is 13.2 Å². The zero-order valence-electron chi connectivity index (χ0n) is 22.1. The zero-order chi connectivity index (χ0) is 30.0. The van der Waals surface area contributed by atoms with E-state index in [1.54, 1.807) is 90.4 Å². The van der Waals surface area contributed by atoms with Gasteiger partial charge in [-0.15, -0.1) is 13.2 Å². The minimum Gasteiger partial charge on any atom is -0.478 e. The molecule has 5 aromatic rings. The second kappa shape index (κ2) is 11.6. The molecule has 10 heteroatoms. The van der Waals surface area contributed by atoms with E-state index in [2.05, 4.69) is 4.74 Å². The summed E-state index contributed by atoms with van der Waals surface area (Å²) in [6, 6.07) is 25.4. The fraction of sp³-hybridized carbons (Fsp3) is 0.125. The Bertz CT molecular complexity index is 1770. The lowest BCUT2D eigenvalue weighted by molar-refractivity contribution is -0.274. The van der Waals surface area contributed by atoms with Gasteiger partial charge in [-0.1, -0.05) is 54.1 Å². The lowest BCUT2D eigenvalue weighted by Gasteiger charge is -2.17. The van der Waals surface area contributed by atoms with Gasteiger partial charge in [0.15, 0.2) is 5.78 Å². The first-order valence-electron chi connectivity index (χ1n) is 12.7. The van der Waals surface area contributed by atoms with E-state index in [4.69, 9.17) is 16.3 Å². The van der Waals surface area contributed by atoms with Crippen molar-refractivity contribution < 1.29 is 37.3 Å². The van der Waals surface area contributed by atoms with Crippen molar-refractivity contribution in [1.29, 1.82) is 0 Å². The lowest BCUT2D eigenvalue weighted by atomic mass is 10.0. The molecule has 1 heterocycles. The summed E-state index contributed by atoms with van der Waals surface area (Å²) in [6.07, 6.45) is -6.14. The van der Waals surface area contributed by atoms with Crippen molar-refractivity contribution in [3.05, 3.63) is 130 Å². The van der Waals surface area contributed by atoms with Crippen LogP contribution in [0.3, 0.4) is 0 Å². The maximum absolute atomic E-state index is 13.6. The van der Waals surface area contributed by atoms with Gasteiger partial charge in [-0.3, -0.25) is 4.79 Å². The van der Waals surface area contributed by atoms with E-state index < -0.39 is 24.2 Å². The number of hydrogen-bond donors (Lipinski definition) is 1. The average Bonchev–Trinajstić information content (AvgIpc) is 3.21. The molecule has 5 rings (SSSR count). The number of aromatic nitrogens is 1. The molecule has 6 nitrogen and oxygen atoms in total. The van der Waals surface area contributed by atoms with Gasteiger partial charge in [-0.25, -0.2) is 4.79 Å². The average molecular weight is 594 g/mol. The Morgan fingerprint density at radius 3 is 2.29 bits per heavy atom. The minimum absolute atomic E-state index is 0.145. The van der Waals surface area contributed by atoms with Crippen LogP contribution in [0.2, 0.25) is 5.02 Å². The Morgan fingerprint density at radius 1 is 0.905 bits per heavy atom. The van der Waals surface area contributed by atoms with Crippen LogP contribution >= 0.6 is 11.6 Å².